The van der Waals surface area contributed by atoms with Crippen molar-refractivity contribution in [1.82, 2.24) is 0 Å². The Kier molecular flexibility index (Phi) is 5.79. The van der Waals surface area contributed by atoms with Gasteiger partial charge in [-0.2, -0.15) is 0 Å². The number of nitrogens with one attached hydrogen (secondary N) is 1. The number of hydrogen-bond acceptors (Lipinski definition) is 4. The van der Waals surface area contributed by atoms with E-state index in [4.69, 9.17) is 9.47 Å². The van der Waals surface area contributed by atoms with Crippen LogP contribution in [0.1, 0.15) is 57.8 Å². The van der Waals surface area contributed by atoms with Crippen LogP contribution in [0.15, 0.2) is 24.3 Å². The molecule has 1 fully saturated rings. The molecule has 0 radical (unpaired) electrons. The zero-order valence-electron chi connectivity index (χ0n) is 15.9. The first kappa shape index (κ1) is 18.5. The molecule has 1 amide bonds. The van der Waals surface area contributed by atoms with Gasteiger partial charge in [0.15, 0.2) is 0 Å². The minimum absolute atomic E-state index is 0.0427. The number of aryl methyl sites for hydroxylation is 3. The van der Waals surface area contributed by atoms with Gasteiger partial charge in [-0.1, -0.05) is 12.5 Å². The molecule has 0 spiro atoms. The van der Waals surface area contributed by atoms with Crippen LogP contribution in [0.5, 0.6) is 5.75 Å². The largest absolute Gasteiger partial charge is 0.489 e. The van der Waals surface area contributed by atoms with Crippen LogP contribution in [-0.4, -0.2) is 25.2 Å². The van der Waals surface area contributed by atoms with Crippen LogP contribution in [-0.2, 0) is 17.6 Å². The Morgan fingerprint density at radius 1 is 1.22 bits per heavy atom. The van der Waals surface area contributed by atoms with E-state index in [0.717, 1.165) is 54.2 Å². The second kappa shape index (κ2) is 8.44. The summed E-state index contributed by atoms with van der Waals surface area (Å²) in [4.78, 5) is 15.0. The Bertz CT molecular complexity index is 784. The highest BCUT2D eigenvalue weighted by Crippen LogP contribution is 2.31. The third kappa shape index (κ3) is 4.53. The van der Waals surface area contributed by atoms with Crippen molar-refractivity contribution >= 4 is 22.9 Å². The molecule has 1 aliphatic carbocycles. The molecule has 1 aromatic heterocycles. The number of thiophene rings is 1. The van der Waals surface area contributed by atoms with Gasteiger partial charge in [-0.3, -0.25) is 4.79 Å². The molecule has 2 aromatic rings. The average molecular weight is 386 g/mol. The van der Waals surface area contributed by atoms with Crippen LogP contribution >= 0.6 is 11.3 Å². The summed E-state index contributed by atoms with van der Waals surface area (Å²) in [6.07, 6.45) is 8.23. The van der Waals surface area contributed by atoms with E-state index in [2.05, 4.69) is 11.4 Å². The van der Waals surface area contributed by atoms with Crippen LogP contribution < -0.4 is 10.1 Å². The Hall–Kier alpha value is -1.85. The maximum atomic E-state index is 12.8. The minimum atomic E-state index is -0.0427. The van der Waals surface area contributed by atoms with Gasteiger partial charge >= 0.3 is 0 Å². The highest BCUT2D eigenvalue weighted by atomic mass is 32.1. The number of anilines is 1. The monoisotopic (exact) mass is 385 g/mol. The number of fused-ring (bicyclic) bond motifs is 1. The summed E-state index contributed by atoms with van der Waals surface area (Å²) in [6, 6.07) is 7.99. The predicted octanol–water partition coefficient (Wildman–Crippen LogP) is 5.14. The quantitative estimate of drug-likeness (QED) is 0.725. The minimum Gasteiger partial charge on any atom is -0.489 e. The first-order valence-electron chi connectivity index (χ1n) is 9.97. The van der Waals surface area contributed by atoms with Crippen molar-refractivity contribution in [2.45, 2.75) is 58.0 Å². The van der Waals surface area contributed by atoms with Gasteiger partial charge in [0.2, 0.25) is 0 Å². The number of carbonyl (C=O) groups is 1. The molecule has 1 atom stereocenters. The molecule has 4 nitrogen and oxygen atoms in total. The van der Waals surface area contributed by atoms with E-state index in [0.29, 0.717) is 6.61 Å². The van der Waals surface area contributed by atoms with E-state index in [-0.39, 0.29) is 12.0 Å². The zero-order valence-corrected chi connectivity index (χ0v) is 16.7. The van der Waals surface area contributed by atoms with Gasteiger partial charge in [-0.05, 0) is 74.8 Å². The lowest BCUT2D eigenvalue weighted by Crippen LogP contribution is -2.18. The number of ether oxygens (including phenoxy) is 2. The van der Waals surface area contributed by atoms with Crippen LogP contribution in [0.3, 0.4) is 0 Å². The Labute approximate surface area is 164 Å². The maximum absolute atomic E-state index is 12.8. The Morgan fingerprint density at radius 2 is 2.11 bits per heavy atom. The van der Waals surface area contributed by atoms with Crippen LogP contribution in [0.2, 0.25) is 0 Å². The summed E-state index contributed by atoms with van der Waals surface area (Å²) >= 11 is 1.65. The van der Waals surface area contributed by atoms with Crippen molar-refractivity contribution in [2.75, 3.05) is 18.5 Å². The van der Waals surface area contributed by atoms with Crippen molar-refractivity contribution in [2.24, 2.45) is 0 Å². The summed E-state index contributed by atoms with van der Waals surface area (Å²) < 4.78 is 11.6. The van der Waals surface area contributed by atoms with Crippen molar-refractivity contribution < 1.29 is 14.3 Å². The highest BCUT2D eigenvalue weighted by molar-refractivity contribution is 7.14. The van der Waals surface area contributed by atoms with Gasteiger partial charge in [0.25, 0.3) is 5.91 Å². The molecule has 2 heterocycles. The van der Waals surface area contributed by atoms with Crippen molar-refractivity contribution in [3.63, 3.8) is 0 Å². The number of amides is 1. The molecule has 0 saturated carbocycles. The van der Waals surface area contributed by atoms with Gasteiger partial charge < -0.3 is 14.8 Å². The number of carbonyl (C=O) groups excluding carboxylic acids is 1. The Balaban J connectivity index is 1.47. The number of rotatable bonds is 5. The smallest absolute Gasteiger partial charge is 0.265 e. The van der Waals surface area contributed by atoms with Gasteiger partial charge in [-0.15, -0.1) is 11.3 Å². The lowest BCUT2D eigenvalue weighted by atomic mass is 10.1. The van der Waals surface area contributed by atoms with E-state index in [1.807, 2.05) is 25.1 Å². The van der Waals surface area contributed by atoms with E-state index in [9.17, 15) is 4.79 Å². The van der Waals surface area contributed by atoms with Gasteiger partial charge in [0.1, 0.15) is 12.4 Å². The summed E-state index contributed by atoms with van der Waals surface area (Å²) in [6.45, 7) is 3.37. The first-order valence-corrected chi connectivity index (χ1v) is 10.8. The fourth-order valence-corrected chi connectivity index (χ4v) is 4.92. The lowest BCUT2D eigenvalue weighted by molar-refractivity contribution is 0.0681. The third-order valence-electron chi connectivity index (χ3n) is 5.30. The Morgan fingerprint density at radius 3 is 2.96 bits per heavy atom. The van der Waals surface area contributed by atoms with Crippen LogP contribution in [0.25, 0.3) is 0 Å². The fourth-order valence-electron chi connectivity index (χ4n) is 3.77. The lowest BCUT2D eigenvalue weighted by Gasteiger charge is -2.15. The molecule has 1 aromatic carbocycles. The van der Waals surface area contributed by atoms with E-state index < -0.39 is 0 Å². The summed E-state index contributed by atoms with van der Waals surface area (Å²) in [5.41, 5.74) is 3.20. The SMILES string of the molecule is Cc1ccc(NC(=O)c2cc3c(s2)CCCCC3)c(OC[C@@H]2CCCO2)c1. The maximum Gasteiger partial charge on any atom is 0.265 e. The average Bonchev–Trinajstić information content (AvgIpc) is 3.27. The molecular formula is C22H27NO3S. The molecule has 27 heavy (non-hydrogen) atoms. The topological polar surface area (TPSA) is 47.6 Å². The van der Waals surface area contributed by atoms with E-state index >= 15 is 0 Å². The molecular weight excluding hydrogens is 358 g/mol. The zero-order chi connectivity index (χ0) is 18.6. The van der Waals surface area contributed by atoms with Crippen LogP contribution in [0, 0.1) is 6.92 Å². The first-order chi connectivity index (χ1) is 13.2. The van der Waals surface area contributed by atoms with Crippen molar-refractivity contribution in [3.8, 4) is 5.75 Å². The molecule has 0 bridgehead atoms. The second-order valence-electron chi connectivity index (χ2n) is 7.52. The molecule has 2 aliphatic rings. The van der Waals surface area contributed by atoms with Crippen molar-refractivity contribution in [3.05, 3.63) is 45.1 Å². The highest BCUT2D eigenvalue weighted by Gasteiger charge is 2.19. The molecule has 0 unspecified atom stereocenters. The number of benzene rings is 1. The molecule has 144 valence electrons. The standard InChI is InChI=1S/C22H27NO3S/c1-15-9-10-18(19(12-15)26-14-17-7-5-11-25-17)23-22(24)21-13-16-6-3-2-4-8-20(16)27-21/h9-10,12-13,17H,2-8,11,14H2,1H3,(H,23,24)/t17-/m0/s1. The third-order valence-corrected chi connectivity index (χ3v) is 6.54. The molecule has 1 saturated heterocycles. The van der Waals surface area contributed by atoms with Crippen molar-refractivity contribution in [1.29, 1.82) is 0 Å². The van der Waals surface area contributed by atoms with E-state index in [1.165, 1.54) is 29.7 Å². The predicted molar refractivity (Wildman–Crippen MR) is 109 cm³/mol. The second-order valence-corrected chi connectivity index (χ2v) is 8.66. The summed E-state index contributed by atoms with van der Waals surface area (Å²) in [5.74, 6) is 0.677. The molecule has 4 rings (SSSR count). The molecule has 1 aliphatic heterocycles. The summed E-state index contributed by atoms with van der Waals surface area (Å²) in [5, 5.41) is 3.06. The molecule has 5 heteroatoms. The molecule has 1 N–H and O–H groups in total. The van der Waals surface area contributed by atoms with Gasteiger partial charge in [0.05, 0.1) is 16.7 Å². The normalized spacial score (nSPS) is 19.4. The van der Waals surface area contributed by atoms with Gasteiger partial charge in [0, 0.05) is 11.5 Å². The van der Waals surface area contributed by atoms with Gasteiger partial charge in [-0.25, -0.2) is 0 Å². The summed E-state index contributed by atoms with van der Waals surface area (Å²) in [7, 11) is 0. The number of hydrogen-bond donors (Lipinski definition) is 1. The van der Waals surface area contributed by atoms with E-state index in [1.54, 1.807) is 11.3 Å². The fraction of sp³-hybridized carbons (Fsp3) is 0.500. The van der Waals surface area contributed by atoms with Crippen LogP contribution in [0.4, 0.5) is 5.69 Å².